The fraction of sp³-hybridized carbons (Fsp3) is 0.111. The van der Waals surface area contributed by atoms with Crippen molar-refractivity contribution in [2.45, 2.75) is 0 Å². The molecule has 5 nitrogen and oxygen atoms in total. The maximum absolute atomic E-state index is 12.7. The molecule has 1 N–H and O–H groups in total. The molecule has 1 aromatic heterocycles. The van der Waals surface area contributed by atoms with Crippen LogP contribution in [0.3, 0.4) is 0 Å². The van der Waals surface area contributed by atoms with Gasteiger partial charge in [-0.3, -0.25) is 9.78 Å². The summed E-state index contributed by atoms with van der Waals surface area (Å²) in [5, 5.41) is 4.09. The third-order valence-corrected chi connectivity index (χ3v) is 3.89. The number of benzene rings is 2. The van der Waals surface area contributed by atoms with Gasteiger partial charge < -0.3 is 14.8 Å². The standard InChI is InChI=1S/C18H15ClN2O3/c1-23-15-10-16(24-2)14(9-13(15)19)21-18(22)12-7-3-5-11-6-4-8-20-17(11)12/h3-10H,1-2H3,(H,21,22). The van der Waals surface area contributed by atoms with Crippen molar-refractivity contribution in [1.82, 2.24) is 4.98 Å². The van der Waals surface area contributed by atoms with Gasteiger partial charge in [0.2, 0.25) is 0 Å². The number of fused-ring (bicyclic) bond motifs is 1. The van der Waals surface area contributed by atoms with Gasteiger partial charge in [0, 0.05) is 17.6 Å². The zero-order valence-corrected chi connectivity index (χ0v) is 13.9. The zero-order valence-electron chi connectivity index (χ0n) is 13.2. The van der Waals surface area contributed by atoms with Crippen molar-refractivity contribution in [3.8, 4) is 11.5 Å². The van der Waals surface area contributed by atoms with Gasteiger partial charge in [-0.25, -0.2) is 0 Å². The van der Waals surface area contributed by atoms with Gasteiger partial charge >= 0.3 is 0 Å². The van der Waals surface area contributed by atoms with Crippen molar-refractivity contribution >= 4 is 34.1 Å². The molecule has 24 heavy (non-hydrogen) atoms. The number of nitrogens with zero attached hydrogens (tertiary/aromatic N) is 1. The van der Waals surface area contributed by atoms with E-state index in [0.717, 1.165) is 5.39 Å². The number of halogens is 1. The van der Waals surface area contributed by atoms with Gasteiger partial charge in [0.05, 0.1) is 36.0 Å². The molecule has 6 heteroatoms. The SMILES string of the molecule is COc1cc(OC)c(NC(=O)c2cccc3cccnc23)cc1Cl. The summed E-state index contributed by atoms with van der Waals surface area (Å²) in [6, 6.07) is 12.4. The first-order valence-electron chi connectivity index (χ1n) is 7.20. The van der Waals surface area contributed by atoms with Crippen LogP contribution in [0.15, 0.2) is 48.7 Å². The van der Waals surface area contributed by atoms with Crippen molar-refractivity contribution in [3.05, 3.63) is 59.2 Å². The summed E-state index contributed by atoms with van der Waals surface area (Å²) in [6.07, 6.45) is 1.66. The number of carbonyl (C=O) groups excluding carboxylic acids is 1. The smallest absolute Gasteiger partial charge is 0.257 e. The van der Waals surface area contributed by atoms with Crippen molar-refractivity contribution in [1.29, 1.82) is 0 Å². The van der Waals surface area contributed by atoms with Crippen LogP contribution in [0.2, 0.25) is 5.02 Å². The van der Waals surface area contributed by atoms with Crippen LogP contribution < -0.4 is 14.8 Å². The summed E-state index contributed by atoms with van der Waals surface area (Å²) in [7, 11) is 3.03. The minimum absolute atomic E-state index is 0.293. The predicted molar refractivity (Wildman–Crippen MR) is 94.3 cm³/mol. The largest absolute Gasteiger partial charge is 0.495 e. The monoisotopic (exact) mass is 342 g/mol. The molecule has 122 valence electrons. The lowest BCUT2D eigenvalue weighted by Crippen LogP contribution is -2.13. The van der Waals surface area contributed by atoms with E-state index in [2.05, 4.69) is 10.3 Å². The average Bonchev–Trinajstić information content (AvgIpc) is 2.61. The maximum Gasteiger partial charge on any atom is 0.257 e. The number of nitrogens with one attached hydrogen (secondary N) is 1. The van der Waals surface area contributed by atoms with E-state index in [9.17, 15) is 4.79 Å². The Balaban J connectivity index is 1.99. The topological polar surface area (TPSA) is 60.5 Å². The second-order valence-corrected chi connectivity index (χ2v) is 5.43. The predicted octanol–water partition coefficient (Wildman–Crippen LogP) is 4.16. The van der Waals surface area contributed by atoms with Gasteiger partial charge in [0.25, 0.3) is 5.91 Å². The van der Waals surface area contributed by atoms with Crippen LogP contribution in [0.4, 0.5) is 5.69 Å². The number of aromatic nitrogens is 1. The third kappa shape index (κ3) is 2.98. The van der Waals surface area contributed by atoms with E-state index in [-0.39, 0.29) is 5.91 Å². The number of methoxy groups -OCH3 is 2. The van der Waals surface area contributed by atoms with Gasteiger partial charge in [0.1, 0.15) is 11.5 Å². The Morgan fingerprint density at radius 1 is 1.08 bits per heavy atom. The molecular weight excluding hydrogens is 328 g/mol. The fourth-order valence-corrected chi connectivity index (χ4v) is 2.68. The average molecular weight is 343 g/mol. The number of amides is 1. The Bertz CT molecular complexity index is 907. The molecule has 0 spiro atoms. The zero-order chi connectivity index (χ0) is 17.1. The third-order valence-electron chi connectivity index (χ3n) is 3.60. The maximum atomic E-state index is 12.7. The van der Waals surface area contributed by atoms with Gasteiger partial charge in [-0.15, -0.1) is 0 Å². The van der Waals surface area contributed by atoms with E-state index < -0.39 is 0 Å². The lowest BCUT2D eigenvalue weighted by atomic mass is 10.1. The van der Waals surface area contributed by atoms with Gasteiger partial charge in [-0.2, -0.15) is 0 Å². The normalized spacial score (nSPS) is 10.5. The van der Waals surface area contributed by atoms with E-state index in [1.807, 2.05) is 24.3 Å². The Hall–Kier alpha value is -2.79. The quantitative estimate of drug-likeness (QED) is 0.773. The van der Waals surface area contributed by atoms with Crippen molar-refractivity contribution < 1.29 is 14.3 Å². The van der Waals surface area contributed by atoms with Crippen LogP contribution in [0, 0.1) is 0 Å². The Morgan fingerprint density at radius 3 is 2.58 bits per heavy atom. The summed E-state index contributed by atoms with van der Waals surface area (Å²) >= 11 is 6.14. The van der Waals surface area contributed by atoms with E-state index >= 15 is 0 Å². The van der Waals surface area contributed by atoms with Crippen LogP contribution in [-0.4, -0.2) is 25.1 Å². The fourth-order valence-electron chi connectivity index (χ4n) is 2.43. The molecule has 1 amide bonds. The number of hydrogen-bond donors (Lipinski definition) is 1. The second kappa shape index (κ2) is 6.76. The number of para-hydroxylation sites is 1. The van der Waals surface area contributed by atoms with Gasteiger partial charge in [0.15, 0.2) is 0 Å². The van der Waals surface area contributed by atoms with Crippen molar-refractivity contribution in [3.63, 3.8) is 0 Å². The minimum Gasteiger partial charge on any atom is -0.495 e. The lowest BCUT2D eigenvalue weighted by Gasteiger charge is -2.13. The van der Waals surface area contributed by atoms with Gasteiger partial charge in [-0.1, -0.05) is 29.8 Å². The summed E-state index contributed by atoms with van der Waals surface area (Å²) in [5.74, 6) is 0.634. The molecule has 0 fully saturated rings. The summed E-state index contributed by atoms with van der Waals surface area (Å²) < 4.78 is 10.5. The molecule has 1 heterocycles. The molecule has 0 radical (unpaired) electrons. The van der Waals surface area contributed by atoms with Crippen molar-refractivity contribution in [2.24, 2.45) is 0 Å². The van der Waals surface area contributed by atoms with Crippen LogP contribution in [0.25, 0.3) is 10.9 Å². The lowest BCUT2D eigenvalue weighted by molar-refractivity contribution is 0.102. The minimum atomic E-state index is -0.293. The first-order valence-corrected chi connectivity index (χ1v) is 7.58. The molecular formula is C18H15ClN2O3. The van der Waals surface area contributed by atoms with Crippen LogP contribution in [0.5, 0.6) is 11.5 Å². The van der Waals surface area contributed by atoms with Gasteiger partial charge in [-0.05, 0) is 18.2 Å². The summed E-state index contributed by atoms with van der Waals surface area (Å²) in [4.78, 5) is 17.0. The van der Waals surface area contributed by atoms with Crippen LogP contribution in [0.1, 0.15) is 10.4 Å². The molecule has 3 aromatic rings. The van der Waals surface area contributed by atoms with E-state index in [1.54, 1.807) is 24.4 Å². The Kier molecular flexibility index (Phi) is 4.53. The molecule has 0 saturated carbocycles. The Labute approximate surface area is 144 Å². The van der Waals surface area contributed by atoms with Crippen LogP contribution >= 0.6 is 11.6 Å². The van der Waals surface area contributed by atoms with E-state index in [0.29, 0.717) is 33.3 Å². The Morgan fingerprint density at radius 2 is 1.83 bits per heavy atom. The molecule has 0 aliphatic carbocycles. The molecule has 2 aromatic carbocycles. The highest BCUT2D eigenvalue weighted by Gasteiger charge is 2.15. The molecule has 0 atom stereocenters. The summed E-state index contributed by atoms with van der Waals surface area (Å²) in [6.45, 7) is 0. The first-order chi connectivity index (χ1) is 11.6. The molecule has 3 rings (SSSR count). The van der Waals surface area contributed by atoms with Crippen LogP contribution in [-0.2, 0) is 0 Å². The second-order valence-electron chi connectivity index (χ2n) is 5.02. The van der Waals surface area contributed by atoms with E-state index in [4.69, 9.17) is 21.1 Å². The number of pyridine rings is 1. The highest BCUT2D eigenvalue weighted by Crippen LogP contribution is 2.36. The van der Waals surface area contributed by atoms with Crippen molar-refractivity contribution in [2.75, 3.05) is 19.5 Å². The molecule has 0 unspecified atom stereocenters. The first kappa shape index (κ1) is 16.1. The molecule has 0 aliphatic rings. The number of hydrogen-bond acceptors (Lipinski definition) is 4. The van der Waals surface area contributed by atoms with E-state index in [1.165, 1.54) is 14.2 Å². The molecule has 0 bridgehead atoms. The molecule has 0 saturated heterocycles. The number of anilines is 1. The number of ether oxygens (including phenoxy) is 2. The number of rotatable bonds is 4. The molecule has 0 aliphatic heterocycles. The summed E-state index contributed by atoms with van der Waals surface area (Å²) in [5.41, 5.74) is 1.57. The highest BCUT2D eigenvalue weighted by molar-refractivity contribution is 6.32. The highest BCUT2D eigenvalue weighted by atomic mass is 35.5. The number of carbonyl (C=O) groups is 1.